The molecule has 0 spiro atoms. The highest BCUT2D eigenvalue weighted by molar-refractivity contribution is 6.03. The van der Waals surface area contributed by atoms with Crippen molar-refractivity contribution in [3.63, 3.8) is 0 Å². The Morgan fingerprint density at radius 2 is 1.68 bits per heavy atom. The van der Waals surface area contributed by atoms with Gasteiger partial charge in [0.25, 0.3) is 11.8 Å². The number of carbonyl (C=O) groups excluding carboxylic acids is 2. The quantitative estimate of drug-likeness (QED) is 0.688. The van der Waals surface area contributed by atoms with Crippen molar-refractivity contribution in [1.82, 2.24) is 10.3 Å². The van der Waals surface area contributed by atoms with E-state index in [0.29, 0.717) is 11.4 Å². The Balaban J connectivity index is 1.68. The van der Waals surface area contributed by atoms with E-state index in [2.05, 4.69) is 15.6 Å². The van der Waals surface area contributed by atoms with Crippen molar-refractivity contribution >= 4 is 17.5 Å². The molecule has 2 aromatic carbocycles. The summed E-state index contributed by atoms with van der Waals surface area (Å²) in [7, 11) is 1.56. The number of halogens is 1. The maximum atomic E-state index is 13.2. The standard InChI is InChI=1S/C21H18FN3O3/c1-28-19-11-3-2-6-14(19)13-23-20(26)17-9-5-10-18(25-17)21(27)24-16-8-4-7-15(22)12-16/h2-12H,13H2,1H3,(H,23,26)(H,24,27). The van der Waals surface area contributed by atoms with Crippen LogP contribution in [0.15, 0.2) is 66.7 Å². The van der Waals surface area contributed by atoms with Gasteiger partial charge in [0.05, 0.1) is 7.11 Å². The van der Waals surface area contributed by atoms with Crippen LogP contribution in [0.5, 0.6) is 5.75 Å². The Bertz CT molecular complexity index is 1010. The molecule has 2 N–H and O–H groups in total. The zero-order chi connectivity index (χ0) is 19.9. The number of hydrogen-bond donors (Lipinski definition) is 2. The SMILES string of the molecule is COc1ccccc1CNC(=O)c1cccc(C(=O)Nc2cccc(F)c2)n1. The Morgan fingerprint density at radius 3 is 2.43 bits per heavy atom. The Morgan fingerprint density at radius 1 is 0.964 bits per heavy atom. The second-order valence-corrected chi connectivity index (χ2v) is 5.87. The van der Waals surface area contributed by atoms with Gasteiger partial charge < -0.3 is 15.4 Å². The second-order valence-electron chi connectivity index (χ2n) is 5.87. The summed E-state index contributed by atoms with van der Waals surface area (Å²) in [5.41, 5.74) is 1.27. The minimum atomic E-state index is -0.537. The maximum Gasteiger partial charge on any atom is 0.274 e. The number of anilines is 1. The smallest absolute Gasteiger partial charge is 0.274 e. The van der Waals surface area contributed by atoms with Crippen LogP contribution in [-0.2, 0) is 6.54 Å². The number of aromatic nitrogens is 1. The summed E-state index contributed by atoms with van der Waals surface area (Å²) < 4.78 is 18.5. The van der Waals surface area contributed by atoms with Crippen LogP contribution in [0.1, 0.15) is 26.5 Å². The van der Waals surface area contributed by atoms with Gasteiger partial charge in [-0.05, 0) is 36.4 Å². The van der Waals surface area contributed by atoms with E-state index in [9.17, 15) is 14.0 Å². The predicted molar refractivity (Wildman–Crippen MR) is 103 cm³/mol. The fourth-order valence-corrected chi connectivity index (χ4v) is 2.56. The lowest BCUT2D eigenvalue weighted by atomic mass is 10.2. The second kappa shape index (κ2) is 8.77. The first-order chi connectivity index (χ1) is 13.6. The minimum Gasteiger partial charge on any atom is -0.496 e. The highest BCUT2D eigenvalue weighted by atomic mass is 19.1. The maximum absolute atomic E-state index is 13.2. The highest BCUT2D eigenvalue weighted by Gasteiger charge is 2.13. The summed E-state index contributed by atoms with van der Waals surface area (Å²) >= 11 is 0. The Hall–Kier alpha value is -3.74. The lowest BCUT2D eigenvalue weighted by molar-refractivity contribution is 0.0945. The van der Waals surface area contributed by atoms with Gasteiger partial charge in [0, 0.05) is 17.8 Å². The number of nitrogens with zero attached hydrogens (tertiary/aromatic N) is 1. The zero-order valence-electron chi connectivity index (χ0n) is 15.1. The first kappa shape index (κ1) is 19.0. The molecule has 28 heavy (non-hydrogen) atoms. The summed E-state index contributed by atoms with van der Waals surface area (Å²) in [6.07, 6.45) is 0. The van der Waals surface area contributed by atoms with Gasteiger partial charge in [-0.15, -0.1) is 0 Å². The van der Waals surface area contributed by atoms with Gasteiger partial charge in [-0.1, -0.05) is 30.3 Å². The lowest BCUT2D eigenvalue weighted by Gasteiger charge is -2.10. The van der Waals surface area contributed by atoms with Crippen LogP contribution >= 0.6 is 0 Å². The molecule has 7 heteroatoms. The molecule has 3 aromatic rings. The third-order valence-corrected chi connectivity index (χ3v) is 3.93. The zero-order valence-corrected chi connectivity index (χ0v) is 15.1. The Labute approximate surface area is 161 Å². The van der Waals surface area contributed by atoms with Crippen molar-refractivity contribution in [1.29, 1.82) is 0 Å². The van der Waals surface area contributed by atoms with E-state index in [1.165, 1.54) is 30.3 Å². The molecule has 0 aliphatic heterocycles. The van der Waals surface area contributed by atoms with E-state index in [1.54, 1.807) is 25.3 Å². The van der Waals surface area contributed by atoms with Crippen LogP contribution in [0, 0.1) is 5.82 Å². The molecule has 2 amide bonds. The molecular weight excluding hydrogens is 361 g/mol. The largest absolute Gasteiger partial charge is 0.496 e. The number of pyridine rings is 1. The van der Waals surface area contributed by atoms with Gasteiger partial charge in [-0.3, -0.25) is 9.59 Å². The van der Waals surface area contributed by atoms with Crippen LogP contribution < -0.4 is 15.4 Å². The molecule has 0 bridgehead atoms. The van der Waals surface area contributed by atoms with E-state index in [-0.39, 0.29) is 17.9 Å². The van der Waals surface area contributed by atoms with E-state index in [0.717, 1.165) is 5.56 Å². The van der Waals surface area contributed by atoms with Crippen LogP contribution in [0.2, 0.25) is 0 Å². The number of hydrogen-bond acceptors (Lipinski definition) is 4. The average Bonchev–Trinajstić information content (AvgIpc) is 2.72. The van der Waals surface area contributed by atoms with Crippen molar-refractivity contribution in [2.45, 2.75) is 6.54 Å². The van der Waals surface area contributed by atoms with Gasteiger partial charge in [0.2, 0.25) is 0 Å². The predicted octanol–water partition coefficient (Wildman–Crippen LogP) is 3.41. The Kier molecular flexibility index (Phi) is 5.96. The minimum absolute atomic E-state index is 0.0502. The number of methoxy groups -OCH3 is 1. The molecular formula is C21H18FN3O3. The van der Waals surface area contributed by atoms with E-state index in [4.69, 9.17) is 4.74 Å². The highest BCUT2D eigenvalue weighted by Crippen LogP contribution is 2.17. The van der Waals surface area contributed by atoms with Crippen LogP contribution in [0.3, 0.4) is 0 Å². The monoisotopic (exact) mass is 379 g/mol. The summed E-state index contributed by atoms with van der Waals surface area (Å²) in [6, 6.07) is 17.4. The molecule has 1 aromatic heterocycles. The lowest BCUT2D eigenvalue weighted by Crippen LogP contribution is -2.25. The van der Waals surface area contributed by atoms with Gasteiger partial charge in [-0.2, -0.15) is 0 Å². The number of ether oxygens (including phenoxy) is 1. The third kappa shape index (κ3) is 4.70. The molecule has 0 unspecified atom stereocenters. The fraction of sp³-hybridized carbons (Fsp3) is 0.0952. The molecule has 3 rings (SSSR count). The number of benzene rings is 2. The summed E-state index contributed by atoms with van der Waals surface area (Å²) in [5.74, 6) is -0.759. The molecule has 142 valence electrons. The van der Waals surface area contributed by atoms with E-state index in [1.807, 2.05) is 18.2 Å². The van der Waals surface area contributed by atoms with Gasteiger partial charge in [-0.25, -0.2) is 9.37 Å². The topological polar surface area (TPSA) is 80.3 Å². The number of rotatable bonds is 6. The summed E-state index contributed by atoms with van der Waals surface area (Å²) in [6.45, 7) is 0.254. The number of carbonyl (C=O) groups is 2. The van der Waals surface area contributed by atoms with Crippen LogP contribution in [0.25, 0.3) is 0 Å². The molecule has 0 aliphatic carbocycles. The molecule has 1 heterocycles. The van der Waals surface area contributed by atoms with Gasteiger partial charge in [0.15, 0.2) is 0 Å². The fourth-order valence-electron chi connectivity index (χ4n) is 2.56. The number of nitrogens with one attached hydrogen (secondary N) is 2. The van der Waals surface area contributed by atoms with Crippen LogP contribution in [-0.4, -0.2) is 23.9 Å². The summed E-state index contributed by atoms with van der Waals surface area (Å²) in [4.78, 5) is 28.8. The van der Waals surface area contributed by atoms with E-state index < -0.39 is 17.6 Å². The van der Waals surface area contributed by atoms with Crippen molar-refractivity contribution in [2.24, 2.45) is 0 Å². The first-order valence-electron chi connectivity index (χ1n) is 8.51. The molecule has 0 fully saturated rings. The summed E-state index contributed by atoms with van der Waals surface area (Å²) in [5, 5.41) is 5.30. The van der Waals surface area contributed by atoms with Crippen molar-refractivity contribution in [3.05, 3.63) is 89.5 Å². The normalized spacial score (nSPS) is 10.2. The van der Waals surface area contributed by atoms with Crippen molar-refractivity contribution in [2.75, 3.05) is 12.4 Å². The molecule has 6 nitrogen and oxygen atoms in total. The third-order valence-electron chi connectivity index (χ3n) is 3.93. The number of para-hydroxylation sites is 1. The first-order valence-corrected chi connectivity index (χ1v) is 8.51. The molecule has 0 saturated carbocycles. The average molecular weight is 379 g/mol. The van der Waals surface area contributed by atoms with Gasteiger partial charge in [0.1, 0.15) is 23.0 Å². The molecule has 0 aliphatic rings. The molecule has 0 atom stereocenters. The van der Waals surface area contributed by atoms with Crippen molar-refractivity contribution < 1.29 is 18.7 Å². The van der Waals surface area contributed by atoms with Crippen molar-refractivity contribution in [3.8, 4) is 5.75 Å². The van der Waals surface area contributed by atoms with Gasteiger partial charge >= 0.3 is 0 Å². The number of amides is 2. The van der Waals surface area contributed by atoms with E-state index >= 15 is 0 Å². The molecule has 0 radical (unpaired) electrons. The molecule has 0 saturated heterocycles. The van der Waals surface area contributed by atoms with Crippen LogP contribution in [0.4, 0.5) is 10.1 Å².